The number of piperidine rings is 1. The maximum atomic E-state index is 14.7. The van der Waals surface area contributed by atoms with Crippen LogP contribution in [0.5, 0.6) is 5.75 Å². The smallest absolute Gasteiger partial charge is 0.265 e. The number of methoxy groups -OCH3 is 1. The zero-order chi connectivity index (χ0) is 25.9. The van der Waals surface area contributed by atoms with E-state index in [0.29, 0.717) is 43.2 Å². The third-order valence-corrected chi connectivity index (χ3v) is 7.81. The summed E-state index contributed by atoms with van der Waals surface area (Å²) < 4.78 is 61.6. The van der Waals surface area contributed by atoms with Crippen LogP contribution in [-0.2, 0) is 13.0 Å². The van der Waals surface area contributed by atoms with Crippen LogP contribution in [0.15, 0.2) is 42.5 Å². The first-order valence-corrected chi connectivity index (χ1v) is 12.6. The van der Waals surface area contributed by atoms with Crippen LogP contribution in [0.25, 0.3) is 10.6 Å². The summed E-state index contributed by atoms with van der Waals surface area (Å²) in [6.07, 6.45) is -3.33. The Hall–Kier alpha value is -2.69. The molecule has 0 amide bonds. The minimum atomic E-state index is -2.93. The van der Waals surface area contributed by atoms with Gasteiger partial charge in [0, 0.05) is 36.1 Å². The van der Waals surface area contributed by atoms with Gasteiger partial charge in [0.2, 0.25) is 0 Å². The van der Waals surface area contributed by atoms with Gasteiger partial charge in [-0.1, -0.05) is 37.3 Å². The number of alkyl halides is 2. The molecule has 2 atom stereocenters. The van der Waals surface area contributed by atoms with E-state index in [0.717, 1.165) is 22.6 Å². The van der Waals surface area contributed by atoms with Crippen LogP contribution in [0, 0.1) is 11.6 Å². The molecule has 3 aromatic rings. The van der Waals surface area contributed by atoms with Crippen molar-refractivity contribution < 1.29 is 27.4 Å². The number of thiazole rings is 1. The summed E-state index contributed by atoms with van der Waals surface area (Å²) in [5, 5.41) is 14.1. The number of halogens is 4. The number of aliphatic hydroxyl groups excluding tert-OH is 1. The minimum absolute atomic E-state index is 0.0114. The lowest BCUT2D eigenvalue weighted by Gasteiger charge is -2.46. The highest BCUT2D eigenvalue weighted by molar-refractivity contribution is 7.15. The Labute approximate surface area is 211 Å². The Kier molecular flexibility index (Phi) is 8.17. The van der Waals surface area contributed by atoms with Gasteiger partial charge < -0.3 is 20.1 Å². The second kappa shape index (κ2) is 11.1. The number of ether oxygens (including phenoxy) is 1. The maximum Gasteiger partial charge on any atom is 0.265 e. The van der Waals surface area contributed by atoms with E-state index >= 15 is 0 Å². The van der Waals surface area contributed by atoms with E-state index in [2.05, 4.69) is 10.3 Å². The molecule has 1 aromatic heterocycles. The highest BCUT2D eigenvalue weighted by Crippen LogP contribution is 2.39. The SMILES string of the molecule is CCc1sc(-c2cc(F)c(OC)cc2F)nc1N1CCC[C@](NCc2ccccc2)([C@H](O)C(F)F)C1. The van der Waals surface area contributed by atoms with Gasteiger partial charge in [-0.3, -0.25) is 0 Å². The first-order valence-electron chi connectivity index (χ1n) is 11.8. The van der Waals surface area contributed by atoms with E-state index in [1.807, 2.05) is 42.2 Å². The van der Waals surface area contributed by atoms with Gasteiger partial charge in [0.05, 0.1) is 12.6 Å². The largest absolute Gasteiger partial charge is 0.494 e. The minimum Gasteiger partial charge on any atom is -0.494 e. The molecule has 10 heteroatoms. The van der Waals surface area contributed by atoms with Crippen LogP contribution in [0.1, 0.15) is 30.2 Å². The average molecular weight is 524 g/mol. The lowest BCUT2D eigenvalue weighted by molar-refractivity contribution is -0.0658. The Morgan fingerprint density at radius 1 is 1.19 bits per heavy atom. The second-order valence-corrected chi connectivity index (χ2v) is 9.97. The Bertz CT molecular complexity index is 1180. The van der Waals surface area contributed by atoms with Gasteiger partial charge in [0.25, 0.3) is 6.43 Å². The number of rotatable bonds is 9. The molecule has 0 aliphatic carbocycles. The van der Waals surface area contributed by atoms with Crippen molar-refractivity contribution in [2.75, 3.05) is 25.1 Å². The van der Waals surface area contributed by atoms with Crippen molar-refractivity contribution in [1.82, 2.24) is 10.3 Å². The Balaban J connectivity index is 1.66. The Morgan fingerprint density at radius 3 is 2.61 bits per heavy atom. The Morgan fingerprint density at radius 2 is 1.94 bits per heavy atom. The summed E-state index contributed by atoms with van der Waals surface area (Å²) in [5.74, 6) is -1.03. The van der Waals surface area contributed by atoms with Crippen molar-refractivity contribution in [3.05, 3.63) is 64.5 Å². The van der Waals surface area contributed by atoms with Crippen LogP contribution in [0.2, 0.25) is 0 Å². The third kappa shape index (κ3) is 5.35. The van der Waals surface area contributed by atoms with Crippen molar-refractivity contribution in [2.45, 2.75) is 50.8 Å². The molecule has 2 aromatic carbocycles. The van der Waals surface area contributed by atoms with Crippen LogP contribution < -0.4 is 15.0 Å². The summed E-state index contributed by atoms with van der Waals surface area (Å²) in [5.41, 5.74) is -0.343. The molecule has 36 heavy (non-hydrogen) atoms. The summed E-state index contributed by atoms with van der Waals surface area (Å²) in [7, 11) is 1.26. The third-order valence-electron chi connectivity index (χ3n) is 6.59. The second-order valence-electron chi connectivity index (χ2n) is 8.89. The molecule has 0 saturated carbocycles. The normalized spacial score (nSPS) is 19.1. The molecule has 1 aliphatic rings. The van der Waals surface area contributed by atoms with Crippen molar-refractivity contribution in [3.8, 4) is 16.3 Å². The molecule has 0 spiro atoms. The molecule has 2 heterocycles. The predicted molar refractivity (Wildman–Crippen MR) is 133 cm³/mol. The number of hydrogen-bond acceptors (Lipinski definition) is 6. The number of aliphatic hydroxyl groups is 1. The van der Waals surface area contributed by atoms with E-state index < -0.39 is 29.7 Å². The number of nitrogens with one attached hydrogen (secondary N) is 1. The fourth-order valence-corrected chi connectivity index (χ4v) is 5.70. The molecular formula is C26H29F4N3O2S. The molecular weight excluding hydrogens is 494 g/mol. The van der Waals surface area contributed by atoms with Gasteiger partial charge in [0.1, 0.15) is 22.7 Å². The van der Waals surface area contributed by atoms with Gasteiger partial charge in [-0.15, -0.1) is 11.3 Å². The van der Waals surface area contributed by atoms with E-state index in [1.54, 1.807) is 0 Å². The first-order chi connectivity index (χ1) is 17.3. The van der Waals surface area contributed by atoms with E-state index in [9.17, 15) is 22.7 Å². The summed E-state index contributed by atoms with van der Waals surface area (Å²) in [4.78, 5) is 7.31. The van der Waals surface area contributed by atoms with Crippen LogP contribution >= 0.6 is 11.3 Å². The molecule has 2 N–H and O–H groups in total. The molecule has 0 bridgehead atoms. The number of aryl methyl sites for hydroxylation is 1. The molecule has 1 aliphatic heterocycles. The fraction of sp³-hybridized carbons (Fsp3) is 0.423. The van der Waals surface area contributed by atoms with Crippen molar-refractivity contribution in [3.63, 3.8) is 0 Å². The summed E-state index contributed by atoms with van der Waals surface area (Å²) in [6.45, 7) is 2.88. The molecule has 194 valence electrons. The van der Waals surface area contributed by atoms with Gasteiger partial charge in [0.15, 0.2) is 11.6 Å². The number of benzene rings is 2. The molecule has 0 radical (unpaired) electrons. The van der Waals surface area contributed by atoms with Gasteiger partial charge in [-0.2, -0.15) is 0 Å². The highest BCUT2D eigenvalue weighted by atomic mass is 32.1. The van der Waals surface area contributed by atoms with Crippen molar-refractivity contribution in [1.29, 1.82) is 0 Å². The summed E-state index contributed by atoms with van der Waals surface area (Å²) >= 11 is 1.24. The lowest BCUT2D eigenvalue weighted by atomic mass is 9.83. The van der Waals surface area contributed by atoms with Gasteiger partial charge in [-0.25, -0.2) is 22.5 Å². The zero-order valence-electron chi connectivity index (χ0n) is 20.1. The average Bonchev–Trinajstić information content (AvgIpc) is 3.33. The van der Waals surface area contributed by atoms with Crippen LogP contribution in [0.4, 0.5) is 23.4 Å². The quantitative estimate of drug-likeness (QED) is 0.367. The van der Waals surface area contributed by atoms with Gasteiger partial charge in [-0.05, 0) is 30.9 Å². The van der Waals surface area contributed by atoms with Crippen LogP contribution in [-0.4, -0.2) is 48.4 Å². The molecule has 5 nitrogen and oxygen atoms in total. The topological polar surface area (TPSA) is 57.6 Å². The maximum absolute atomic E-state index is 14.7. The zero-order valence-corrected chi connectivity index (χ0v) is 20.9. The van der Waals surface area contributed by atoms with E-state index in [1.165, 1.54) is 18.4 Å². The first kappa shape index (κ1) is 26.4. The van der Waals surface area contributed by atoms with Crippen molar-refractivity contribution >= 4 is 17.2 Å². The number of anilines is 1. The van der Waals surface area contributed by atoms with Gasteiger partial charge >= 0.3 is 0 Å². The number of hydrogen-bond donors (Lipinski definition) is 2. The molecule has 4 rings (SSSR count). The van der Waals surface area contributed by atoms with E-state index in [4.69, 9.17) is 4.74 Å². The molecule has 1 saturated heterocycles. The van der Waals surface area contributed by atoms with Crippen LogP contribution in [0.3, 0.4) is 0 Å². The summed E-state index contributed by atoms with van der Waals surface area (Å²) in [6, 6.07) is 11.4. The van der Waals surface area contributed by atoms with Crippen molar-refractivity contribution in [2.24, 2.45) is 0 Å². The fourth-order valence-electron chi connectivity index (χ4n) is 4.66. The van der Waals surface area contributed by atoms with E-state index in [-0.39, 0.29) is 17.9 Å². The lowest BCUT2D eigenvalue weighted by Crippen LogP contribution is -2.65. The molecule has 1 fully saturated rings. The highest BCUT2D eigenvalue weighted by Gasteiger charge is 2.46. The monoisotopic (exact) mass is 523 g/mol. The standard InChI is InChI=1S/C26H29F4N3O2S/c1-3-21-24(32-25(36-21)17-12-19(28)20(35-2)13-18(17)27)33-11-7-10-26(15-33,22(34)23(29)30)31-14-16-8-5-4-6-9-16/h4-6,8-9,12-13,22-23,31,34H,3,7,10-11,14-15H2,1-2H3/t22-,26-/m1/s1. The number of aromatic nitrogens is 1. The molecule has 0 unspecified atom stereocenters. The number of nitrogens with zero attached hydrogens (tertiary/aromatic N) is 2. The predicted octanol–water partition coefficient (Wildman–Crippen LogP) is 5.41.